The van der Waals surface area contributed by atoms with E-state index < -0.39 is 41.4 Å². The van der Waals surface area contributed by atoms with Crippen molar-refractivity contribution in [3.05, 3.63) is 69.7 Å². The summed E-state index contributed by atoms with van der Waals surface area (Å²) in [5.74, 6) is -2.38. The van der Waals surface area contributed by atoms with Gasteiger partial charge in [0, 0.05) is 10.4 Å². The first-order valence-corrected chi connectivity index (χ1v) is 8.99. The molecule has 1 aliphatic carbocycles. The molecule has 2 aromatic rings. The molecular formula is C19H16BrF3N2O2. The summed E-state index contributed by atoms with van der Waals surface area (Å²) in [5, 5.41) is 2.56. The van der Waals surface area contributed by atoms with Crippen LogP contribution in [-0.2, 0) is 15.8 Å². The number of primary amides is 1. The van der Waals surface area contributed by atoms with Crippen molar-refractivity contribution < 1.29 is 22.8 Å². The van der Waals surface area contributed by atoms with Gasteiger partial charge in [0.15, 0.2) is 0 Å². The van der Waals surface area contributed by atoms with Gasteiger partial charge in [0.1, 0.15) is 6.04 Å². The zero-order valence-corrected chi connectivity index (χ0v) is 15.5. The van der Waals surface area contributed by atoms with Crippen molar-refractivity contribution in [1.82, 2.24) is 5.32 Å². The van der Waals surface area contributed by atoms with Crippen LogP contribution in [0.3, 0.4) is 0 Å². The highest BCUT2D eigenvalue weighted by Crippen LogP contribution is 2.51. The number of carbonyl (C=O) groups is 2. The van der Waals surface area contributed by atoms with Crippen LogP contribution >= 0.6 is 15.9 Å². The first-order chi connectivity index (χ1) is 12.7. The van der Waals surface area contributed by atoms with E-state index in [1.165, 1.54) is 18.2 Å². The lowest BCUT2D eigenvalue weighted by Crippen LogP contribution is -2.38. The van der Waals surface area contributed by atoms with Crippen molar-refractivity contribution in [2.24, 2.45) is 11.7 Å². The number of hydrogen-bond acceptors (Lipinski definition) is 2. The highest BCUT2D eigenvalue weighted by atomic mass is 79.9. The zero-order valence-electron chi connectivity index (χ0n) is 14.0. The molecule has 0 aromatic heterocycles. The maximum Gasteiger partial charge on any atom is 0.416 e. The van der Waals surface area contributed by atoms with Crippen LogP contribution in [0.2, 0.25) is 0 Å². The van der Waals surface area contributed by atoms with Gasteiger partial charge in [0.2, 0.25) is 11.8 Å². The molecular weight excluding hydrogens is 425 g/mol. The number of rotatable bonds is 5. The Bertz CT molecular complexity index is 885. The average molecular weight is 441 g/mol. The molecule has 27 heavy (non-hydrogen) atoms. The van der Waals surface area contributed by atoms with E-state index in [2.05, 4.69) is 21.2 Å². The standard InChI is InChI=1S/C19H16BrF3N2O2/c20-11-5-3-4-10(8-11)16(17(24)26)25-18(27)14-9-13(14)12-6-1-2-7-15(12)19(21,22)23/h1-8,13-14,16H,9H2,(H2,24,26)(H,25,27)/t13-,14+,16+/m0/s1. The Kier molecular flexibility index (Phi) is 5.28. The van der Waals surface area contributed by atoms with Crippen LogP contribution in [0, 0.1) is 5.92 Å². The van der Waals surface area contributed by atoms with Gasteiger partial charge in [-0.2, -0.15) is 13.2 Å². The summed E-state index contributed by atoms with van der Waals surface area (Å²) in [4.78, 5) is 24.3. The number of hydrogen-bond donors (Lipinski definition) is 2. The van der Waals surface area contributed by atoms with E-state index in [4.69, 9.17) is 5.73 Å². The second-order valence-electron chi connectivity index (χ2n) is 6.43. The molecule has 2 aromatic carbocycles. The highest BCUT2D eigenvalue weighted by Gasteiger charge is 2.48. The molecule has 3 N–H and O–H groups in total. The maximum atomic E-state index is 13.2. The Hall–Kier alpha value is -2.35. The number of halogens is 4. The summed E-state index contributed by atoms with van der Waals surface area (Å²) >= 11 is 3.28. The van der Waals surface area contributed by atoms with Crippen LogP contribution in [0.1, 0.15) is 35.1 Å². The molecule has 4 nitrogen and oxygen atoms in total. The molecule has 1 saturated carbocycles. The number of nitrogens with two attached hydrogens (primary N) is 1. The van der Waals surface area contributed by atoms with Gasteiger partial charge in [-0.05, 0) is 41.7 Å². The van der Waals surface area contributed by atoms with Crippen molar-refractivity contribution >= 4 is 27.7 Å². The highest BCUT2D eigenvalue weighted by molar-refractivity contribution is 9.10. The van der Waals surface area contributed by atoms with Crippen LogP contribution in [-0.4, -0.2) is 11.8 Å². The monoisotopic (exact) mass is 440 g/mol. The van der Waals surface area contributed by atoms with Gasteiger partial charge in [-0.3, -0.25) is 9.59 Å². The first kappa shape index (κ1) is 19.4. The van der Waals surface area contributed by atoms with Crippen molar-refractivity contribution in [2.45, 2.75) is 24.6 Å². The maximum absolute atomic E-state index is 13.2. The molecule has 0 saturated heterocycles. The van der Waals surface area contributed by atoms with Crippen LogP contribution in [0.4, 0.5) is 13.2 Å². The minimum atomic E-state index is -4.48. The van der Waals surface area contributed by atoms with Crippen molar-refractivity contribution in [3.63, 3.8) is 0 Å². The molecule has 1 fully saturated rings. The Morgan fingerprint density at radius 3 is 2.48 bits per heavy atom. The smallest absolute Gasteiger partial charge is 0.368 e. The summed E-state index contributed by atoms with van der Waals surface area (Å²) in [6.45, 7) is 0. The second kappa shape index (κ2) is 7.34. The topological polar surface area (TPSA) is 72.2 Å². The average Bonchev–Trinajstić information content (AvgIpc) is 3.39. The van der Waals surface area contributed by atoms with Gasteiger partial charge >= 0.3 is 6.18 Å². The Labute approximate surface area is 162 Å². The molecule has 8 heteroatoms. The van der Waals surface area contributed by atoms with E-state index in [0.29, 0.717) is 16.5 Å². The Balaban J connectivity index is 1.76. The zero-order chi connectivity index (χ0) is 19.8. The largest absolute Gasteiger partial charge is 0.416 e. The van der Waals surface area contributed by atoms with E-state index in [-0.39, 0.29) is 5.56 Å². The predicted octanol–water partition coefficient (Wildman–Crippen LogP) is 3.91. The lowest BCUT2D eigenvalue weighted by atomic mass is 10.0. The molecule has 0 bridgehead atoms. The number of alkyl halides is 3. The SMILES string of the molecule is NC(=O)[C@H](NC(=O)[C@@H]1C[C@H]1c1ccccc1C(F)(F)F)c1cccc(Br)c1. The van der Waals surface area contributed by atoms with Gasteiger partial charge in [0.25, 0.3) is 0 Å². The third kappa shape index (κ3) is 4.32. The molecule has 0 aliphatic heterocycles. The Morgan fingerprint density at radius 1 is 1.15 bits per heavy atom. The van der Waals surface area contributed by atoms with Crippen molar-refractivity contribution in [1.29, 1.82) is 0 Å². The molecule has 3 atom stereocenters. The fraction of sp³-hybridized carbons (Fsp3) is 0.263. The van der Waals surface area contributed by atoms with E-state index in [9.17, 15) is 22.8 Å². The lowest BCUT2D eigenvalue weighted by molar-refractivity contribution is -0.138. The minimum absolute atomic E-state index is 0.100. The quantitative estimate of drug-likeness (QED) is 0.739. The van der Waals surface area contributed by atoms with Gasteiger partial charge < -0.3 is 11.1 Å². The normalized spacial score (nSPS) is 20.0. The molecule has 2 amide bonds. The second-order valence-corrected chi connectivity index (χ2v) is 7.35. The summed E-state index contributed by atoms with van der Waals surface area (Å²) < 4.78 is 40.2. The van der Waals surface area contributed by atoms with Crippen molar-refractivity contribution in [3.8, 4) is 0 Å². The predicted molar refractivity (Wildman–Crippen MR) is 96.5 cm³/mol. The number of amides is 2. The van der Waals surface area contributed by atoms with Crippen LogP contribution in [0.15, 0.2) is 53.0 Å². The Morgan fingerprint density at radius 2 is 1.85 bits per heavy atom. The van der Waals surface area contributed by atoms with Gasteiger partial charge in [-0.25, -0.2) is 0 Å². The fourth-order valence-electron chi connectivity index (χ4n) is 3.16. The number of benzene rings is 2. The first-order valence-electron chi connectivity index (χ1n) is 8.19. The summed E-state index contributed by atoms with van der Waals surface area (Å²) in [5.41, 5.74) is 5.26. The summed E-state index contributed by atoms with van der Waals surface area (Å²) in [6.07, 6.45) is -4.19. The summed E-state index contributed by atoms with van der Waals surface area (Å²) in [6, 6.07) is 10.9. The third-order valence-electron chi connectivity index (χ3n) is 4.55. The molecule has 142 valence electrons. The summed E-state index contributed by atoms with van der Waals surface area (Å²) in [7, 11) is 0. The van der Waals surface area contributed by atoms with E-state index in [0.717, 1.165) is 6.07 Å². The molecule has 3 rings (SSSR count). The molecule has 1 aliphatic rings. The van der Waals surface area contributed by atoms with Crippen molar-refractivity contribution in [2.75, 3.05) is 0 Å². The minimum Gasteiger partial charge on any atom is -0.368 e. The van der Waals surface area contributed by atoms with Gasteiger partial charge in [-0.15, -0.1) is 0 Å². The van der Waals surface area contributed by atoms with Gasteiger partial charge in [0.05, 0.1) is 5.56 Å². The van der Waals surface area contributed by atoms with Crippen LogP contribution in [0.5, 0.6) is 0 Å². The van der Waals surface area contributed by atoms with Crippen LogP contribution < -0.4 is 11.1 Å². The van der Waals surface area contributed by atoms with Gasteiger partial charge in [-0.1, -0.05) is 46.3 Å². The van der Waals surface area contributed by atoms with E-state index >= 15 is 0 Å². The van der Waals surface area contributed by atoms with E-state index in [1.807, 2.05) is 0 Å². The third-order valence-corrected chi connectivity index (χ3v) is 5.04. The van der Waals surface area contributed by atoms with Crippen LogP contribution in [0.25, 0.3) is 0 Å². The molecule has 0 radical (unpaired) electrons. The lowest BCUT2D eigenvalue weighted by Gasteiger charge is -2.17. The molecule has 0 heterocycles. The molecule has 0 spiro atoms. The fourth-order valence-corrected chi connectivity index (χ4v) is 3.58. The number of nitrogens with one attached hydrogen (secondary N) is 1. The van der Waals surface area contributed by atoms with E-state index in [1.54, 1.807) is 24.3 Å². The number of carbonyl (C=O) groups excluding carboxylic acids is 2. The molecule has 0 unspecified atom stereocenters.